The predicted molar refractivity (Wildman–Crippen MR) is 71.8 cm³/mol. The zero-order chi connectivity index (χ0) is 12.3. The minimum atomic E-state index is -0.466. The Morgan fingerprint density at radius 2 is 1.50 bits per heavy atom. The monoisotopic (exact) mass is 229 g/mol. The summed E-state index contributed by atoms with van der Waals surface area (Å²) in [4.78, 5) is 0. The molecule has 0 amide bonds. The molecule has 0 bridgehead atoms. The van der Waals surface area contributed by atoms with E-state index in [1.165, 1.54) is 44.9 Å². The van der Waals surface area contributed by atoms with Gasteiger partial charge in [-0.2, -0.15) is 0 Å². The molecule has 2 N–H and O–H groups in total. The van der Waals surface area contributed by atoms with Gasteiger partial charge in [0.15, 0.2) is 0 Å². The highest BCUT2D eigenvalue weighted by Crippen LogP contribution is 2.18. The van der Waals surface area contributed by atoms with Gasteiger partial charge in [-0.1, -0.05) is 51.9 Å². The zero-order valence-electron chi connectivity index (χ0n) is 11.5. The Hall–Kier alpha value is -0.0800. The lowest BCUT2D eigenvalue weighted by Crippen LogP contribution is -2.28. The fourth-order valence-corrected chi connectivity index (χ4v) is 1.98. The highest BCUT2D eigenvalue weighted by molar-refractivity contribution is 4.73. The van der Waals surface area contributed by atoms with Crippen LogP contribution in [0.15, 0.2) is 0 Å². The van der Waals surface area contributed by atoms with Crippen LogP contribution in [0.3, 0.4) is 0 Å². The van der Waals surface area contributed by atoms with Crippen molar-refractivity contribution < 1.29 is 5.11 Å². The van der Waals surface area contributed by atoms with Crippen LogP contribution in [-0.4, -0.2) is 24.3 Å². The van der Waals surface area contributed by atoms with E-state index in [-0.39, 0.29) is 0 Å². The summed E-state index contributed by atoms with van der Waals surface area (Å²) in [5, 5.41) is 13.1. The topological polar surface area (TPSA) is 32.3 Å². The van der Waals surface area contributed by atoms with Crippen LogP contribution in [0, 0.1) is 0 Å². The van der Waals surface area contributed by atoms with Gasteiger partial charge in [0.05, 0.1) is 5.60 Å². The first-order valence-corrected chi connectivity index (χ1v) is 6.99. The third-order valence-corrected chi connectivity index (χ3v) is 3.23. The number of nitrogens with one attached hydrogen (secondary N) is 1. The third kappa shape index (κ3) is 10.4. The Balaban J connectivity index is 3.29. The Kier molecular flexibility index (Phi) is 10.0. The third-order valence-electron chi connectivity index (χ3n) is 3.23. The smallest absolute Gasteiger partial charge is 0.0631 e. The number of hydrogen-bond donors (Lipinski definition) is 2. The average molecular weight is 229 g/mol. The van der Waals surface area contributed by atoms with Crippen LogP contribution < -0.4 is 5.32 Å². The summed E-state index contributed by atoms with van der Waals surface area (Å²) < 4.78 is 0. The van der Waals surface area contributed by atoms with E-state index in [9.17, 15) is 5.11 Å². The summed E-state index contributed by atoms with van der Waals surface area (Å²) in [5.41, 5.74) is -0.466. The zero-order valence-corrected chi connectivity index (χ0v) is 11.5. The molecule has 0 spiro atoms. The van der Waals surface area contributed by atoms with Crippen LogP contribution in [0.2, 0.25) is 0 Å². The standard InChI is InChI=1S/C14H31NO/c1-4-5-6-7-8-9-10-11-14(2,16)12-13-15-3/h15-16H,4-13H2,1-3H3. The Morgan fingerprint density at radius 1 is 0.938 bits per heavy atom. The van der Waals surface area contributed by atoms with Gasteiger partial charge in [0, 0.05) is 0 Å². The summed E-state index contributed by atoms with van der Waals surface area (Å²) in [6.45, 7) is 5.11. The molecule has 0 aromatic carbocycles. The predicted octanol–water partition coefficient (Wildman–Crippen LogP) is 3.49. The first-order valence-electron chi connectivity index (χ1n) is 6.99. The molecule has 0 aliphatic rings. The molecule has 0 aromatic rings. The minimum absolute atomic E-state index is 0.466. The lowest BCUT2D eigenvalue weighted by atomic mass is 9.94. The quantitative estimate of drug-likeness (QED) is 0.532. The molecule has 0 rings (SSSR count). The second-order valence-corrected chi connectivity index (χ2v) is 5.22. The minimum Gasteiger partial charge on any atom is -0.390 e. The molecule has 1 unspecified atom stereocenters. The summed E-state index contributed by atoms with van der Waals surface area (Å²) in [5.74, 6) is 0. The van der Waals surface area contributed by atoms with Crippen molar-refractivity contribution in [1.82, 2.24) is 5.32 Å². The molecule has 0 heterocycles. The van der Waals surface area contributed by atoms with E-state index in [1.54, 1.807) is 0 Å². The maximum atomic E-state index is 10.0. The summed E-state index contributed by atoms with van der Waals surface area (Å²) >= 11 is 0. The van der Waals surface area contributed by atoms with E-state index in [1.807, 2.05) is 14.0 Å². The van der Waals surface area contributed by atoms with E-state index in [2.05, 4.69) is 12.2 Å². The van der Waals surface area contributed by atoms with Crippen LogP contribution in [-0.2, 0) is 0 Å². The highest BCUT2D eigenvalue weighted by Gasteiger charge is 2.18. The lowest BCUT2D eigenvalue weighted by molar-refractivity contribution is 0.0400. The molecule has 2 nitrogen and oxygen atoms in total. The number of hydrogen-bond acceptors (Lipinski definition) is 2. The molecular formula is C14H31NO. The number of unbranched alkanes of at least 4 members (excludes halogenated alkanes) is 6. The lowest BCUT2D eigenvalue weighted by Gasteiger charge is -2.22. The molecule has 1 atom stereocenters. The van der Waals surface area contributed by atoms with Crippen LogP contribution in [0.4, 0.5) is 0 Å². The molecule has 0 radical (unpaired) electrons. The second-order valence-electron chi connectivity index (χ2n) is 5.22. The van der Waals surface area contributed by atoms with Gasteiger partial charge in [-0.3, -0.25) is 0 Å². The van der Waals surface area contributed by atoms with Crippen LogP contribution in [0.25, 0.3) is 0 Å². The van der Waals surface area contributed by atoms with E-state index in [4.69, 9.17) is 0 Å². The summed E-state index contributed by atoms with van der Waals surface area (Å²) in [6.07, 6.45) is 11.0. The van der Waals surface area contributed by atoms with Crippen molar-refractivity contribution in [2.75, 3.05) is 13.6 Å². The van der Waals surface area contributed by atoms with E-state index in [0.29, 0.717) is 0 Å². The maximum absolute atomic E-state index is 10.0. The fourth-order valence-electron chi connectivity index (χ4n) is 1.98. The van der Waals surface area contributed by atoms with Gasteiger partial charge < -0.3 is 10.4 Å². The fraction of sp³-hybridized carbons (Fsp3) is 1.00. The molecule has 2 heteroatoms. The molecule has 16 heavy (non-hydrogen) atoms. The van der Waals surface area contributed by atoms with Crippen molar-refractivity contribution in [2.24, 2.45) is 0 Å². The molecular weight excluding hydrogens is 198 g/mol. The van der Waals surface area contributed by atoms with E-state index in [0.717, 1.165) is 19.4 Å². The first-order chi connectivity index (χ1) is 7.62. The van der Waals surface area contributed by atoms with Gasteiger partial charge in [-0.25, -0.2) is 0 Å². The molecule has 0 saturated carbocycles. The molecule has 0 aliphatic heterocycles. The van der Waals surface area contributed by atoms with Crippen molar-refractivity contribution in [2.45, 2.75) is 77.2 Å². The Bertz CT molecular complexity index is 146. The Labute approximate surface area is 102 Å². The van der Waals surface area contributed by atoms with Crippen LogP contribution in [0.1, 0.15) is 71.6 Å². The second kappa shape index (κ2) is 10.1. The van der Waals surface area contributed by atoms with Gasteiger partial charge in [0.2, 0.25) is 0 Å². The summed E-state index contributed by atoms with van der Waals surface area (Å²) in [6, 6.07) is 0. The van der Waals surface area contributed by atoms with Gasteiger partial charge >= 0.3 is 0 Å². The molecule has 0 aliphatic carbocycles. The molecule has 0 saturated heterocycles. The Morgan fingerprint density at radius 3 is 2.06 bits per heavy atom. The van der Waals surface area contributed by atoms with Crippen molar-refractivity contribution in [3.63, 3.8) is 0 Å². The van der Waals surface area contributed by atoms with Crippen molar-refractivity contribution in [1.29, 1.82) is 0 Å². The molecule has 98 valence electrons. The van der Waals surface area contributed by atoms with Crippen molar-refractivity contribution in [3.8, 4) is 0 Å². The number of aliphatic hydroxyl groups is 1. The van der Waals surface area contributed by atoms with Crippen LogP contribution >= 0.6 is 0 Å². The highest BCUT2D eigenvalue weighted by atomic mass is 16.3. The summed E-state index contributed by atoms with van der Waals surface area (Å²) in [7, 11) is 1.93. The largest absolute Gasteiger partial charge is 0.390 e. The van der Waals surface area contributed by atoms with Gasteiger partial charge in [0.25, 0.3) is 0 Å². The normalized spacial score (nSPS) is 15.0. The average Bonchev–Trinajstić information content (AvgIpc) is 2.25. The maximum Gasteiger partial charge on any atom is 0.0631 e. The van der Waals surface area contributed by atoms with Crippen LogP contribution in [0.5, 0.6) is 0 Å². The van der Waals surface area contributed by atoms with Gasteiger partial charge in [0.1, 0.15) is 0 Å². The SMILES string of the molecule is CCCCCCCCCC(C)(O)CCNC. The van der Waals surface area contributed by atoms with Gasteiger partial charge in [-0.05, 0) is 33.4 Å². The first kappa shape index (κ1) is 15.9. The van der Waals surface area contributed by atoms with Gasteiger partial charge in [-0.15, -0.1) is 0 Å². The number of rotatable bonds is 11. The van der Waals surface area contributed by atoms with E-state index >= 15 is 0 Å². The van der Waals surface area contributed by atoms with Crippen molar-refractivity contribution in [3.05, 3.63) is 0 Å². The molecule has 0 fully saturated rings. The van der Waals surface area contributed by atoms with Crippen molar-refractivity contribution >= 4 is 0 Å². The molecule has 0 aromatic heterocycles. The van der Waals surface area contributed by atoms with E-state index < -0.39 is 5.60 Å².